The molecule has 1 N–H and O–H groups in total. The summed E-state index contributed by atoms with van der Waals surface area (Å²) in [4.78, 5) is 0. The number of aryl methyl sites for hydroxylation is 1. The maximum absolute atomic E-state index is 5.25. The molecule has 1 aliphatic heterocycles. The lowest BCUT2D eigenvalue weighted by Gasteiger charge is -2.38. The van der Waals surface area contributed by atoms with E-state index in [4.69, 9.17) is 4.74 Å². The summed E-state index contributed by atoms with van der Waals surface area (Å²) in [6.07, 6.45) is 0. The second-order valence-corrected chi connectivity index (χ2v) is 5.36. The van der Waals surface area contributed by atoms with E-state index in [1.165, 1.54) is 0 Å². The first kappa shape index (κ1) is 12.1. The van der Waals surface area contributed by atoms with Crippen molar-refractivity contribution in [3.63, 3.8) is 0 Å². The lowest BCUT2D eigenvalue weighted by molar-refractivity contribution is -0.0924. The lowest BCUT2D eigenvalue weighted by atomic mass is 9.88. The molecule has 0 saturated carbocycles. The third kappa shape index (κ3) is 2.44. The van der Waals surface area contributed by atoms with Crippen molar-refractivity contribution >= 4 is 5.69 Å². The summed E-state index contributed by atoms with van der Waals surface area (Å²) in [6.45, 7) is 4.78. The molecular weight excluding hydrogens is 242 g/mol. The Bertz CT molecular complexity index is 576. The zero-order valence-corrected chi connectivity index (χ0v) is 11.1. The summed E-state index contributed by atoms with van der Waals surface area (Å²) in [5.41, 5.74) is 2.34. The number of anilines is 1. The monoisotopic (exact) mass is 259 g/mol. The van der Waals surface area contributed by atoms with Gasteiger partial charge in [-0.2, -0.15) is 0 Å². The van der Waals surface area contributed by atoms with Crippen LogP contribution in [0.3, 0.4) is 0 Å². The Hall–Kier alpha value is -1.95. The molecule has 0 aliphatic carbocycles. The van der Waals surface area contributed by atoms with E-state index in [1.54, 1.807) is 4.68 Å². The summed E-state index contributed by atoms with van der Waals surface area (Å²) in [7, 11) is 1.84. The van der Waals surface area contributed by atoms with Crippen molar-refractivity contribution < 1.29 is 4.74 Å². The van der Waals surface area contributed by atoms with E-state index in [1.807, 2.05) is 19.2 Å². The Kier molecular flexibility index (Phi) is 2.94. The van der Waals surface area contributed by atoms with Crippen molar-refractivity contribution in [1.82, 2.24) is 20.2 Å². The van der Waals surface area contributed by atoms with Crippen LogP contribution in [-0.4, -0.2) is 40.0 Å². The molecule has 0 bridgehead atoms. The minimum Gasteiger partial charge on any atom is -0.384 e. The molecule has 1 aliphatic rings. The number of benzene rings is 1. The molecule has 19 heavy (non-hydrogen) atoms. The van der Waals surface area contributed by atoms with Crippen LogP contribution in [0.25, 0.3) is 11.4 Å². The molecule has 0 amide bonds. The van der Waals surface area contributed by atoms with E-state index in [2.05, 4.69) is 39.9 Å². The Balaban J connectivity index is 1.75. The number of nitrogens with one attached hydrogen (secondary N) is 1. The third-order valence-electron chi connectivity index (χ3n) is 3.36. The number of hydrogen-bond donors (Lipinski definition) is 1. The third-order valence-corrected chi connectivity index (χ3v) is 3.36. The van der Waals surface area contributed by atoms with Crippen LogP contribution in [0.1, 0.15) is 6.92 Å². The van der Waals surface area contributed by atoms with Crippen molar-refractivity contribution in [1.29, 1.82) is 0 Å². The highest BCUT2D eigenvalue weighted by molar-refractivity contribution is 5.62. The van der Waals surface area contributed by atoms with Gasteiger partial charge in [-0.1, -0.05) is 19.1 Å². The number of nitrogens with zero attached hydrogens (tertiary/aromatic N) is 4. The minimum atomic E-state index is 0.252. The van der Waals surface area contributed by atoms with Gasteiger partial charge in [0, 0.05) is 30.3 Å². The highest BCUT2D eigenvalue weighted by Gasteiger charge is 2.32. The number of ether oxygens (including phenoxy) is 1. The highest BCUT2D eigenvalue weighted by Crippen LogP contribution is 2.27. The summed E-state index contributed by atoms with van der Waals surface area (Å²) in [5.74, 6) is 0.766. The van der Waals surface area contributed by atoms with Crippen molar-refractivity contribution in [2.75, 3.05) is 25.1 Å². The van der Waals surface area contributed by atoms with Gasteiger partial charge in [-0.25, -0.2) is 4.68 Å². The Labute approximate surface area is 111 Å². The van der Waals surface area contributed by atoms with Crippen molar-refractivity contribution in [2.45, 2.75) is 6.92 Å². The van der Waals surface area contributed by atoms with Crippen LogP contribution in [0, 0.1) is 5.41 Å². The van der Waals surface area contributed by atoms with Crippen LogP contribution in [0.5, 0.6) is 0 Å². The fourth-order valence-electron chi connectivity index (χ4n) is 2.11. The van der Waals surface area contributed by atoms with Gasteiger partial charge >= 0.3 is 0 Å². The molecule has 1 aromatic carbocycles. The molecule has 0 atom stereocenters. The predicted molar refractivity (Wildman–Crippen MR) is 71.6 cm³/mol. The molecule has 2 heterocycles. The van der Waals surface area contributed by atoms with Crippen LogP contribution in [-0.2, 0) is 11.8 Å². The largest absolute Gasteiger partial charge is 0.384 e. The van der Waals surface area contributed by atoms with Gasteiger partial charge in [-0.15, -0.1) is 5.10 Å². The normalized spacial score (nSPS) is 16.9. The number of tetrazole rings is 1. The molecule has 6 heteroatoms. The molecule has 1 aromatic heterocycles. The van der Waals surface area contributed by atoms with Crippen molar-refractivity contribution in [3.8, 4) is 11.4 Å². The number of rotatable bonds is 4. The second-order valence-electron chi connectivity index (χ2n) is 5.36. The molecular formula is C13H17N5O. The lowest BCUT2D eigenvalue weighted by Crippen LogP contribution is -2.45. The summed E-state index contributed by atoms with van der Waals surface area (Å²) in [6, 6.07) is 8.13. The zero-order valence-electron chi connectivity index (χ0n) is 11.1. The van der Waals surface area contributed by atoms with E-state index < -0.39 is 0 Å². The first-order chi connectivity index (χ1) is 9.16. The van der Waals surface area contributed by atoms with Crippen molar-refractivity contribution in [3.05, 3.63) is 24.3 Å². The number of aromatic nitrogens is 4. The maximum atomic E-state index is 5.25. The van der Waals surface area contributed by atoms with E-state index in [9.17, 15) is 0 Å². The number of hydrogen-bond acceptors (Lipinski definition) is 5. The molecule has 100 valence electrons. The van der Waals surface area contributed by atoms with Crippen LogP contribution in [0.2, 0.25) is 0 Å². The zero-order chi connectivity index (χ0) is 13.3. The Morgan fingerprint density at radius 2 is 2.26 bits per heavy atom. The van der Waals surface area contributed by atoms with Gasteiger partial charge in [0.1, 0.15) is 0 Å². The summed E-state index contributed by atoms with van der Waals surface area (Å²) in [5, 5.41) is 15.0. The second kappa shape index (κ2) is 4.62. The molecule has 0 unspecified atom stereocenters. The topological polar surface area (TPSA) is 64.9 Å². The van der Waals surface area contributed by atoms with Crippen LogP contribution in [0.4, 0.5) is 5.69 Å². The average molecular weight is 259 g/mol. The van der Waals surface area contributed by atoms with Gasteiger partial charge in [0.15, 0.2) is 5.82 Å². The van der Waals surface area contributed by atoms with Gasteiger partial charge in [-0.3, -0.25) is 0 Å². The van der Waals surface area contributed by atoms with Gasteiger partial charge < -0.3 is 10.1 Å². The SMILES string of the molecule is Cn1nnnc1-c1cccc(NCC2(C)COC2)c1. The minimum absolute atomic E-state index is 0.252. The predicted octanol–water partition coefficient (Wildman–Crippen LogP) is 1.33. The van der Waals surface area contributed by atoms with Crippen LogP contribution in [0.15, 0.2) is 24.3 Å². The molecule has 2 aromatic rings. The molecule has 1 fully saturated rings. The maximum Gasteiger partial charge on any atom is 0.181 e. The fourth-order valence-corrected chi connectivity index (χ4v) is 2.11. The molecule has 0 radical (unpaired) electrons. The quantitative estimate of drug-likeness (QED) is 0.897. The van der Waals surface area contributed by atoms with Gasteiger partial charge in [0.25, 0.3) is 0 Å². The first-order valence-electron chi connectivity index (χ1n) is 6.31. The van der Waals surface area contributed by atoms with Crippen LogP contribution < -0.4 is 5.32 Å². The molecule has 6 nitrogen and oxygen atoms in total. The average Bonchev–Trinajstić information content (AvgIpc) is 2.81. The fraction of sp³-hybridized carbons (Fsp3) is 0.462. The van der Waals surface area contributed by atoms with Gasteiger partial charge in [0.2, 0.25) is 0 Å². The summed E-state index contributed by atoms with van der Waals surface area (Å²) >= 11 is 0. The standard InChI is InChI=1S/C13H17N5O/c1-13(8-19-9-13)7-14-11-5-3-4-10(6-11)12-15-16-17-18(12)2/h3-6,14H,7-9H2,1-2H3. The highest BCUT2D eigenvalue weighted by atomic mass is 16.5. The smallest absolute Gasteiger partial charge is 0.181 e. The van der Waals surface area contributed by atoms with E-state index in [0.717, 1.165) is 36.8 Å². The van der Waals surface area contributed by atoms with Crippen LogP contribution >= 0.6 is 0 Å². The van der Waals surface area contributed by atoms with E-state index in [-0.39, 0.29) is 5.41 Å². The Morgan fingerprint density at radius 1 is 1.42 bits per heavy atom. The molecule has 1 saturated heterocycles. The van der Waals surface area contributed by atoms with E-state index in [0.29, 0.717) is 0 Å². The summed E-state index contributed by atoms with van der Waals surface area (Å²) < 4.78 is 6.92. The van der Waals surface area contributed by atoms with E-state index >= 15 is 0 Å². The first-order valence-corrected chi connectivity index (χ1v) is 6.31. The Morgan fingerprint density at radius 3 is 2.89 bits per heavy atom. The van der Waals surface area contributed by atoms with Crippen molar-refractivity contribution in [2.24, 2.45) is 12.5 Å². The van der Waals surface area contributed by atoms with Gasteiger partial charge in [-0.05, 0) is 22.6 Å². The molecule has 0 spiro atoms. The van der Waals surface area contributed by atoms with Gasteiger partial charge in [0.05, 0.1) is 13.2 Å². The molecule has 3 rings (SSSR count).